The maximum Gasteiger partial charge on any atom is 0.293 e. The summed E-state index contributed by atoms with van der Waals surface area (Å²) in [5, 5.41) is 0.908. The predicted octanol–water partition coefficient (Wildman–Crippen LogP) is 4.88. The first kappa shape index (κ1) is 16.8. The van der Waals surface area contributed by atoms with Crippen LogP contribution >= 0.6 is 0 Å². The third kappa shape index (κ3) is 3.02. The van der Waals surface area contributed by atoms with Crippen LogP contribution in [-0.2, 0) is 16.1 Å². The van der Waals surface area contributed by atoms with Gasteiger partial charge in [-0.25, -0.2) is 0 Å². The summed E-state index contributed by atoms with van der Waals surface area (Å²) >= 11 is 0. The first-order valence-electron chi connectivity index (χ1n) is 8.48. The number of fused-ring (bicyclic) bond motifs is 2. The minimum Gasteiger partial charge on any atom is -0.463 e. The first-order chi connectivity index (χ1) is 13.2. The molecule has 132 valence electrons. The Morgan fingerprint density at radius 1 is 1.00 bits per heavy atom. The summed E-state index contributed by atoms with van der Waals surface area (Å²) in [6.45, 7) is 4.41. The molecule has 0 amide bonds. The maximum absolute atomic E-state index is 11.9. The molecule has 0 N–H and O–H groups in total. The molecule has 1 heterocycles. The molecular formula is C23H16O4. The molecule has 1 aliphatic carbocycles. The zero-order chi connectivity index (χ0) is 18.8. The fourth-order valence-electron chi connectivity index (χ4n) is 3.32. The second kappa shape index (κ2) is 6.92. The normalized spacial score (nSPS) is 10.8. The molecule has 0 atom stereocenters. The number of hydrogen-bond acceptors (Lipinski definition) is 4. The van der Waals surface area contributed by atoms with Gasteiger partial charge < -0.3 is 9.15 Å². The van der Waals surface area contributed by atoms with Crippen molar-refractivity contribution in [2.24, 2.45) is 0 Å². The van der Waals surface area contributed by atoms with Crippen LogP contribution in [0.1, 0.15) is 11.1 Å². The lowest BCUT2D eigenvalue weighted by Crippen LogP contribution is -2.01. The molecule has 2 aromatic rings. The average molecular weight is 356 g/mol. The van der Waals surface area contributed by atoms with Gasteiger partial charge in [0.15, 0.2) is 5.43 Å². The van der Waals surface area contributed by atoms with Crippen molar-refractivity contribution in [2.45, 2.75) is 6.61 Å². The van der Waals surface area contributed by atoms with Gasteiger partial charge in [0.05, 0.1) is 0 Å². The number of benzene rings is 3. The van der Waals surface area contributed by atoms with Gasteiger partial charge in [0, 0.05) is 22.6 Å². The predicted molar refractivity (Wildman–Crippen MR) is 105 cm³/mol. The van der Waals surface area contributed by atoms with Crippen LogP contribution in [0.25, 0.3) is 39.5 Å². The van der Waals surface area contributed by atoms with Crippen molar-refractivity contribution in [1.82, 2.24) is 0 Å². The van der Waals surface area contributed by atoms with E-state index < -0.39 is 0 Å². The zero-order valence-electron chi connectivity index (χ0n) is 14.5. The Morgan fingerprint density at radius 3 is 2.67 bits per heavy atom. The summed E-state index contributed by atoms with van der Waals surface area (Å²) in [7, 11) is 0. The summed E-state index contributed by atoms with van der Waals surface area (Å²) in [5.41, 5.74) is 5.03. The van der Waals surface area contributed by atoms with Crippen LogP contribution in [0.15, 0.2) is 76.5 Å². The number of ether oxygens (including phenoxy) is 1. The van der Waals surface area contributed by atoms with Gasteiger partial charge in [0.2, 0.25) is 0 Å². The Hall–Kier alpha value is -3.66. The van der Waals surface area contributed by atoms with E-state index >= 15 is 0 Å². The summed E-state index contributed by atoms with van der Waals surface area (Å²) in [5.74, 6) is 0.511. The van der Waals surface area contributed by atoms with E-state index in [1.54, 1.807) is 12.1 Å². The third-order valence-corrected chi connectivity index (χ3v) is 4.55. The second-order valence-corrected chi connectivity index (χ2v) is 6.16. The van der Waals surface area contributed by atoms with Gasteiger partial charge in [-0.05, 0) is 41.0 Å². The van der Waals surface area contributed by atoms with Crippen molar-refractivity contribution >= 4 is 23.5 Å². The van der Waals surface area contributed by atoms with E-state index in [9.17, 15) is 9.59 Å². The van der Waals surface area contributed by atoms with Gasteiger partial charge >= 0.3 is 0 Å². The molecule has 0 saturated carbocycles. The SMILES string of the molecule is C=Cc1ccc2c(-c3ccccc3COC=O)c3ccc(=O)cc-3oc2c1. The molecular weight excluding hydrogens is 340 g/mol. The molecule has 2 aromatic carbocycles. The molecule has 0 radical (unpaired) electrons. The van der Waals surface area contributed by atoms with E-state index in [4.69, 9.17) is 9.15 Å². The first-order valence-corrected chi connectivity index (χ1v) is 8.48. The monoisotopic (exact) mass is 356 g/mol. The van der Waals surface area contributed by atoms with E-state index in [1.807, 2.05) is 42.5 Å². The zero-order valence-corrected chi connectivity index (χ0v) is 14.5. The minimum atomic E-state index is -0.117. The Labute approximate surface area is 155 Å². The van der Waals surface area contributed by atoms with Gasteiger partial charge in [-0.1, -0.05) is 43.0 Å². The molecule has 0 spiro atoms. The lowest BCUT2D eigenvalue weighted by molar-refractivity contribution is -0.129. The molecule has 0 bridgehead atoms. The average Bonchev–Trinajstić information content (AvgIpc) is 2.70. The van der Waals surface area contributed by atoms with Gasteiger partial charge in [-0.15, -0.1) is 0 Å². The molecule has 0 aromatic heterocycles. The van der Waals surface area contributed by atoms with Crippen molar-refractivity contribution in [2.75, 3.05) is 0 Å². The smallest absolute Gasteiger partial charge is 0.293 e. The Bertz CT molecular complexity index is 1190. The van der Waals surface area contributed by atoms with Crippen LogP contribution in [0.4, 0.5) is 0 Å². The van der Waals surface area contributed by atoms with Crippen molar-refractivity contribution < 1.29 is 13.9 Å². The maximum atomic E-state index is 11.9. The van der Waals surface area contributed by atoms with E-state index in [2.05, 4.69) is 6.58 Å². The van der Waals surface area contributed by atoms with Crippen molar-refractivity contribution in [1.29, 1.82) is 0 Å². The summed E-state index contributed by atoms with van der Waals surface area (Å²) in [6.07, 6.45) is 1.74. The summed E-state index contributed by atoms with van der Waals surface area (Å²) in [6, 6.07) is 18.4. The summed E-state index contributed by atoms with van der Waals surface area (Å²) in [4.78, 5) is 22.5. The molecule has 4 heteroatoms. The second-order valence-electron chi connectivity index (χ2n) is 6.16. The lowest BCUT2D eigenvalue weighted by Gasteiger charge is -2.17. The minimum absolute atomic E-state index is 0.117. The van der Waals surface area contributed by atoms with E-state index in [-0.39, 0.29) is 12.0 Å². The highest BCUT2D eigenvalue weighted by atomic mass is 16.5. The number of hydrogen-bond donors (Lipinski definition) is 0. The van der Waals surface area contributed by atoms with Crippen LogP contribution in [-0.4, -0.2) is 6.47 Å². The Kier molecular flexibility index (Phi) is 4.30. The van der Waals surface area contributed by atoms with E-state index in [1.165, 1.54) is 12.1 Å². The molecule has 2 aliphatic rings. The molecule has 4 nitrogen and oxygen atoms in total. The van der Waals surface area contributed by atoms with Crippen LogP contribution in [0.3, 0.4) is 0 Å². The number of carbonyl (C=O) groups is 1. The molecule has 27 heavy (non-hydrogen) atoms. The van der Waals surface area contributed by atoms with Crippen LogP contribution in [0.5, 0.6) is 0 Å². The van der Waals surface area contributed by atoms with Crippen LogP contribution in [0, 0.1) is 0 Å². The van der Waals surface area contributed by atoms with Crippen LogP contribution < -0.4 is 5.43 Å². The van der Waals surface area contributed by atoms with Crippen molar-refractivity contribution in [3.05, 3.63) is 88.6 Å². The highest BCUT2D eigenvalue weighted by molar-refractivity contribution is 6.02. The highest BCUT2D eigenvalue weighted by Gasteiger charge is 2.19. The number of rotatable bonds is 5. The molecule has 0 fully saturated rings. The van der Waals surface area contributed by atoms with E-state index in [0.717, 1.165) is 33.2 Å². The summed E-state index contributed by atoms with van der Waals surface area (Å²) < 4.78 is 11.0. The van der Waals surface area contributed by atoms with Crippen molar-refractivity contribution in [3.63, 3.8) is 0 Å². The Balaban J connectivity index is 2.11. The highest BCUT2D eigenvalue weighted by Crippen LogP contribution is 2.41. The molecule has 0 unspecified atom stereocenters. The standard InChI is InChI=1S/C23H16O4/c1-2-15-7-9-19-21(11-15)27-22-12-17(25)8-10-20(22)23(19)18-6-4-3-5-16(18)13-26-14-24/h2-12,14H,1,13H2. The van der Waals surface area contributed by atoms with Crippen molar-refractivity contribution in [3.8, 4) is 22.5 Å². The largest absolute Gasteiger partial charge is 0.463 e. The number of carbonyl (C=O) groups excluding carboxylic acids is 1. The quantitative estimate of drug-likeness (QED) is 0.378. The molecule has 1 aliphatic heterocycles. The lowest BCUT2D eigenvalue weighted by atomic mass is 9.90. The van der Waals surface area contributed by atoms with Gasteiger partial charge in [0.25, 0.3) is 6.47 Å². The van der Waals surface area contributed by atoms with Gasteiger partial charge in [-0.2, -0.15) is 0 Å². The van der Waals surface area contributed by atoms with Gasteiger partial charge in [0.1, 0.15) is 18.0 Å². The van der Waals surface area contributed by atoms with Crippen LogP contribution in [0.2, 0.25) is 0 Å². The van der Waals surface area contributed by atoms with E-state index in [0.29, 0.717) is 17.8 Å². The van der Waals surface area contributed by atoms with Gasteiger partial charge in [-0.3, -0.25) is 9.59 Å². The topological polar surface area (TPSA) is 56.5 Å². The fraction of sp³-hybridized carbons (Fsp3) is 0.0435. The fourth-order valence-corrected chi connectivity index (χ4v) is 3.32. The molecule has 4 rings (SSSR count). The molecule has 0 saturated heterocycles. The third-order valence-electron chi connectivity index (χ3n) is 4.55. The Morgan fingerprint density at radius 2 is 1.85 bits per heavy atom.